The summed E-state index contributed by atoms with van der Waals surface area (Å²) in [6, 6.07) is 5.27. The first-order valence-electron chi connectivity index (χ1n) is 5.91. The molecule has 7 nitrogen and oxygen atoms in total. The van der Waals surface area contributed by atoms with Gasteiger partial charge in [-0.25, -0.2) is 14.2 Å². The number of carbonyl (C=O) groups is 1. The van der Waals surface area contributed by atoms with Crippen molar-refractivity contribution < 1.29 is 18.7 Å². The van der Waals surface area contributed by atoms with Gasteiger partial charge in [0.15, 0.2) is 0 Å². The SMILES string of the molecule is COc1ncc(NC(=O)Nc2ccccc2F)c(OC)n1. The molecule has 0 aliphatic rings. The predicted octanol–water partition coefficient (Wildman–Crippen LogP) is 2.28. The molecular formula is C13H13FN4O3. The van der Waals surface area contributed by atoms with Crippen molar-refractivity contribution in [1.29, 1.82) is 0 Å². The monoisotopic (exact) mass is 292 g/mol. The van der Waals surface area contributed by atoms with E-state index in [9.17, 15) is 9.18 Å². The molecule has 2 N–H and O–H groups in total. The van der Waals surface area contributed by atoms with Gasteiger partial charge in [-0.15, -0.1) is 0 Å². The highest BCUT2D eigenvalue weighted by Gasteiger charge is 2.12. The minimum Gasteiger partial charge on any atom is -0.479 e. The Morgan fingerprint density at radius 1 is 1.14 bits per heavy atom. The second kappa shape index (κ2) is 6.51. The first kappa shape index (κ1) is 14.5. The number of halogens is 1. The van der Waals surface area contributed by atoms with E-state index in [1.165, 1.54) is 38.6 Å². The molecule has 2 amide bonds. The molecule has 0 saturated heterocycles. The zero-order valence-electron chi connectivity index (χ0n) is 11.4. The van der Waals surface area contributed by atoms with E-state index in [-0.39, 0.29) is 23.3 Å². The van der Waals surface area contributed by atoms with E-state index in [2.05, 4.69) is 20.6 Å². The molecule has 0 saturated carbocycles. The minimum atomic E-state index is -0.646. The molecule has 8 heteroatoms. The second-order valence-electron chi connectivity index (χ2n) is 3.84. The number of methoxy groups -OCH3 is 2. The molecule has 0 aliphatic heterocycles. The molecule has 2 rings (SSSR count). The summed E-state index contributed by atoms with van der Waals surface area (Å²) in [6.07, 6.45) is 1.32. The number of rotatable bonds is 4. The zero-order valence-corrected chi connectivity index (χ0v) is 11.4. The van der Waals surface area contributed by atoms with Crippen LogP contribution in [-0.2, 0) is 0 Å². The number of nitrogens with zero attached hydrogens (tertiary/aromatic N) is 2. The van der Waals surface area contributed by atoms with E-state index in [0.29, 0.717) is 0 Å². The van der Waals surface area contributed by atoms with Gasteiger partial charge in [0.05, 0.1) is 26.1 Å². The number of hydrogen-bond acceptors (Lipinski definition) is 5. The van der Waals surface area contributed by atoms with Gasteiger partial charge in [0, 0.05) is 0 Å². The molecule has 1 aromatic heterocycles. The van der Waals surface area contributed by atoms with Crippen LogP contribution in [0.3, 0.4) is 0 Å². The largest absolute Gasteiger partial charge is 0.479 e. The quantitative estimate of drug-likeness (QED) is 0.903. The van der Waals surface area contributed by atoms with Crippen LogP contribution in [0.1, 0.15) is 0 Å². The Balaban J connectivity index is 2.11. The summed E-state index contributed by atoms with van der Waals surface area (Å²) in [5, 5.41) is 4.84. The van der Waals surface area contributed by atoms with Gasteiger partial charge in [-0.3, -0.25) is 0 Å². The summed E-state index contributed by atoms with van der Waals surface area (Å²) >= 11 is 0. The number of carbonyl (C=O) groups excluding carboxylic acids is 1. The van der Waals surface area contributed by atoms with Crippen LogP contribution in [0.4, 0.5) is 20.6 Å². The van der Waals surface area contributed by atoms with E-state index in [1.807, 2.05) is 0 Å². The Labute approximate surface area is 120 Å². The van der Waals surface area contributed by atoms with E-state index in [4.69, 9.17) is 9.47 Å². The van der Waals surface area contributed by atoms with Crippen molar-refractivity contribution in [3.05, 3.63) is 36.3 Å². The fraction of sp³-hybridized carbons (Fsp3) is 0.154. The molecule has 1 heterocycles. The zero-order chi connectivity index (χ0) is 15.2. The first-order valence-corrected chi connectivity index (χ1v) is 5.91. The number of benzene rings is 1. The van der Waals surface area contributed by atoms with Crippen molar-refractivity contribution in [2.24, 2.45) is 0 Å². The number of amides is 2. The smallest absolute Gasteiger partial charge is 0.323 e. The number of ether oxygens (including phenoxy) is 2. The minimum absolute atomic E-state index is 0.0587. The van der Waals surface area contributed by atoms with Crippen molar-refractivity contribution in [3.63, 3.8) is 0 Å². The Hall–Kier alpha value is -2.90. The maximum atomic E-state index is 13.4. The lowest BCUT2D eigenvalue weighted by Gasteiger charge is -2.11. The van der Waals surface area contributed by atoms with E-state index in [1.54, 1.807) is 6.07 Å². The van der Waals surface area contributed by atoms with Crippen LogP contribution in [0.25, 0.3) is 0 Å². The molecule has 0 fully saturated rings. The van der Waals surface area contributed by atoms with Crippen LogP contribution < -0.4 is 20.1 Å². The summed E-state index contributed by atoms with van der Waals surface area (Å²) < 4.78 is 23.3. The molecule has 0 unspecified atom stereocenters. The van der Waals surface area contributed by atoms with Crippen LogP contribution in [0.2, 0.25) is 0 Å². The van der Waals surface area contributed by atoms with Gasteiger partial charge in [-0.2, -0.15) is 4.98 Å². The number of aromatic nitrogens is 2. The Kier molecular flexibility index (Phi) is 4.50. The molecule has 0 bridgehead atoms. The van der Waals surface area contributed by atoms with Crippen LogP contribution in [0.15, 0.2) is 30.5 Å². The van der Waals surface area contributed by atoms with Crippen LogP contribution >= 0.6 is 0 Å². The third kappa shape index (κ3) is 3.56. The summed E-state index contributed by atoms with van der Waals surface area (Å²) in [4.78, 5) is 19.6. The van der Waals surface area contributed by atoms with Crippen molar-refractivity contribution in [2.45, 2.75) is 0 Å². The van der Waals surface area contributed by atoms with E-state index < -0.39 is 11.8 Å². The average Bonchev–Trinajstić information content (AvgIpc) is 2.50. The number of hydrogen-bond donors (Lipinski definition) is 2. The van der Waals surface area contributed by atoms with Gasteiger partial charge in [-0.05, 0) is 12.1 Å². The highest BCUT2D eigenvalue weighted by Crippen LogP contribution is 2.22. The maximum absolute atomic E-state index is 13.4. The van der Waals surface area contributed by atoms with Gasteiger partial charge in [0.25, 0.3) is 0 Å². The average molecular weight is 292 g/mol. The molecule has 0 spiro atoms. The fourth-order valence-corrected chi connectivity index (χ4v) is 1.53. The predicted molar refractivity (Wildman–Crippen MR) is 74.2 cm³/mol. The van der Waals surface area contributed by atoms with Crippen molar-refractivity contribution in [2.75, 3.05) is 24.9 Å². The Morgan fingerprint density at radius 2 is 1.86 bits per heavy atom. The standard InChI is InChI=1S/C13H13FN4O3/c1-20-11-10(7-15-13(18-11)21-2)17-12(19)16-9-6-4-3-5-8(9)14/h3-7H,1-2H3,(H2,16,17,19). The summed E-state index contributed by atoms with van der Waals surface area (Å²) in [5.41, 5.74) is 0.288. The van der Waals surface area contributed by atoms with Crippen molar-refractivity contribution in [1.82, 2.24) is 9.97 Å². The lowest BCUT2D eigenvalue weighted by atomic mass is 10.3. The van der Waals surface area contributed by atoms with Gasteiger partial charge >= 0.3 is 12.0 Å². The topological polar surface area (TPSA) is 85.4 Å². The van der Waals surface area contributed by atoms with Gasteiger partial charge in [0.1, 0.15) is 11.5 Å². The number of para-hydroxylation sites is 1. The highest BCUT2D eigenvalue weighted by atomic mass is 19.1. The van der Waals surface area contributed by atoms with Crippen LogP contribution in [0, 0.1) is 5.82 Å². The molecule has 0 aliphatic carbocycles. The molecular weight excluding hydrogens is 279 g/mol. The third-order valence-electron chi connectivity index (χ3n) is 2.48. The van der Waals surface area contributed by atoms with Crippen LogP contribution in [0.5, 0.6) is 11.9 Å². The van der Waals surface area contributed by atoms with Gasteiger partial charge in [0.2, 0.25) is 5.88 Å². The first-order chi connectivity index (χ1) is 10.1. The lowest BCUT2D eigenvalue weighted by molar-refractivity contribution is 0.261. The van der Waals surface area contributed by atoms with Crippen molar-refractivity contribution >= 4 is 17.4 Å². The van der Waals surface area contributed by atoms with E-state index >= 15 is 0 Å². The fourth-order valence-electron chi connectivity index (χ4n) is 1.53. The van der Waals surface area contributed by atoms with Crippen LogP contribution in [-0.4, -0.2) is 30.2 Å². The normalized spacial score (nSPS) is 9.86. The molecule has 0 atom stereocenters. The highest BCUT2D eigenvalue weighted by molar-refractivity contribution is 6.00. The van der Waals surface area contributed by atoms with Gasteiger partial charge in [-0.1, -0.05) is 12.1 Å². The summed E-state index contributed by atoms with van der Waals surface area (Å²) in [7, 11) is 2.80. The Bertz CT molecular complexity index is 651. The molecule has 21 heavy (non-hydrogen) atoms. The summed E-state index contributed by atoms with van der Waals surface area (Å²) in [6.45, 7) is 0. The number of nitrogens with one attached hydrogen (secondary N) is 2. The third-order valence-corrected chi connectivity index (χ3v) is 2.48. The molecule has 110 valence electrons. The lowest BCUT2D eigenvalue weighted by Crippen LogP contribution is -2.21. The number of anilines is 2. The molecule has 1 aromatic carbocycles. The molecule has 2 aromatic rings. The van der Waals surface area contributed by atoms with Crippen molar-refractivity contribution in [3.8, 4) is 11.9 Å². The van der Waals surface area contributed by atoms with E-state index in [0.717, 1.165) is 0 Å². The maximum Gasteiger partial charge on any atom is 0.323 e. The number of urea groups is 1. The summed E-state index contributed by atoms with van der Waals surface area (Å²) in [5.74, 6) is -0.406. The van der Waals surface area contributed by atoms with Gasteiger partial charge < -0.3 is 20.1 Å². The Morgan fingerprint density at radius 3 is 2.52 bits per heavy atom. The second-order valence-corrected chi connectivity index (χ2v) is 3.84. The molecule has 0 radical (unpaired) electrons.